The van der Waals surface area contributed by atoms with Crippen molar-refractivity contribution in [3.05, 3.63) is 95.2 Å². The third-order valence-corrected chi connectivity index (χ3v) is 8.22. The van der Waals surface area contributed by atoms with Gasteiger partial charge < -0.3 is 34.1 Å². The standard InChI is InChI=1S/C36H45N3O5/c1-26-23-39(18-17-38-27(2)40)34-21-28(9-14-32(26)34)24-44-36-22-37-16-15-33(36)29-10-12-31(13-11-29)43-20-6-19-42-25-30-7-4-5-8-35(30)41-3/h4-5,7-14,21,23,33,36-37H,6,15-20,22,24-25H2,1-3H3,(H,38,40). The first kappa shape index (κ1) is 31.6. The Labute approximate surface area is 260 Å². The Bertz CT molecular complexity index is 1500. The fraction of sp³-hybridized carbons (Fsp3) is 0.417. The van der Waals surface area contributed by atoms with E-state index >= 15 is 0 Å². The molecule has 0 saturated carbocycles. The molecule has 234 valence electrons. The highest BCUT2D eigenvalue weighted by Gasteiger charge is 2.27. The minimum atomic E-state index is -0.00716. The van der Waals surface area contributed by atoms with Crippen LogP contribution in [0, 0.1) is 6.92 Å². The number of ether oxygens (including phenoxy) is 4. The van der Waals surface area contributed by atoms with Crippen LogP contribution >= 0.6 is 0 Å². The van der Waals surface area contributed by atoms with Gasteiger partial charge in [-0.3, -0.25) is 4.79 Å². The zero-order valence-electron chi connectivity index (χ0n) is 26.1. The van der Waals surface area contributed by atoms with Crippen LogP contribution in [0.5, 0.6) is 11.5 Å². The molecule has 5 rings (SSSR count). The summed E-state index contributed by atoms with van der Waals surface area (Å²) < 4.78 is 26.0. The highest BCUT2D eigenvalue weighted by atomic mass is 16.5. The van der Waals surface area contributed by atoms with E-state index in [1.165, 1.54) is 22.0 Å². The van der Waals surface area contributed by atoms with E-state index in [1.54, 1.807) is 14.0 Å². The summed E-state index contributed by atoms with van der Waals surface area (Å²) in [7, 11) is 1.68. The number of carbonyl (C=O) groups is 1. The Hall–Kier alpha value is -3.85. The Morgan fingerprint density at radius 3 is 2.70 bits per heavy atom. The number of piperidine rings is 1. The van der Waals surface area contributed by atoms with Gasteiger partial charge >= 0.3 is 0 Å². The third-order valence-electron chi connectivity index (χ3n) is 8.22. The van der Waals surface area contributed by atoms with Crippen molar-refractivity contribution in [2.75, 3.05) is 40.0 Å². The van der Waals surface area contributed by atoms with Crippen LogP contribution in [0.3, 0.4) is 0 Å². The lowest BCUT2D eigenvalue weighted by Crippen LogP contribution is -2.40. The summed E-state index contributed by atoms with van der Waals surface area (Å²) in [6.07, 6.45) is 4.08. The Balaban J connectivity index is 1.10. The molecule has 2 atom stereocenters. The van der Waals surface area contributed by atoms with Crippen LogP contribution in [-0.4, -0.2) is 56.5 Å². The Morgan fingerprint density at radius 2 is 1.89 bits per heavy atom. The first-order valence-corrected chi connectivity index (χ1v) is 15.6. The average Bonchev–Trinajstić information content (AvgIpc) is 3.36. The van der Waals surface area contributed by atoms with Crippen LogP contribution in [0.4, 0.5) is 0 Å². The number of hydrogen-bond acceptors (Lipinski definition) is 6. The van der Waals surface area contributed by atoms with E-state index < -0.39 is 0 Å². The zero-order chi connectivity index (χ0) is 30.7. The van der Waals surface area contributed by atoms with Crippen molar-refractivity contribution in [3.63, 3.8) is 0 Å². The van der Waals surface area contributed by atoms with Crippen LogP contribution in [-0.2, 0) is 34.0 Å². The minimum absolute atomic E-state index is 0.00716. The number of aryl methyl sites for hydroxylation is 1. The van der Waals surface area contributed by atoms with Crippen LogP contribution in [0.15, 0.2) is 72.9 Å². The summed E-state index contributed by atoms with van der Waals surface area (Å²) >= 11 is 0. The highest BCUT2D eigenvalue weighted by Crippen LogP contribution is 2.30. The molecular weight excluding hydrogens is 554 g/mol. The number of aromatic nitrogens is 1. The second-order valence-electron chi connectivity index (χ2n) is 11.4. The van der Waals surface area contributed by atoms with Crippen molar-refractivity contribution in [3.8, 4) is 11.5 Å². The Morgan fingerprint density at radius 1 is 1.05 bits per heavy atom. The maximum Gasteiger partial charge on any atom is 0.216 e. The Kier molecular flexibility index (Phi) is 11.3. The summed E-state index contributed by atoms with van der Waals surface area (Å²) in [6, 6.07) is 23.0. The topological polar surface area (TPSA) is 83.0 Å². The lowest BCUT2D eigenvalue weighted by atomic mass is 9.87. The molecule has 8 heteroatoms. The highest BCUT2D eigenvalue weighted by molar-refractivity contribution is 5.84. The van der Waals surface area contributed by atoms with Gasteiger partial charge in [-0.15, -0.1) is 0 Å². The van der Waals surface area contributed by atoms with Gasteiger partial charge in [-0.2, -0.15) is 0 Å². The molecule has 1 aromatic heterocycles. The summed E-state index contributed by atoms with van der Waals surface area (Å²) in [5.74, 6) is 2.03. The van der Waals surface area contributed by atoms with E-state index in [0.717, 1.165) is 55.1 Å². The molecule has 8 nitrogen and oxygen atoms in total. The van der Waals surface area contributed by atoms with Crippen LogP contribution in [0.25, 0.3) is 10.9 Å². The molecule has 0 aliphatic carbocycles. The molecule has 2 N–H and O–H groups in total. The monoisotopic (exact) mass is 599 g/mol. The van der Waals surface area contributed by atoms with E-state index in [1.807, 2.05) is 24.3 Å². The molecule has 1 amide bonds. The summed E-state index contributed by atoms with van der Waals surface area (Å²) in [5.41, 5.74) is 5.88. The van der Waals surface area contributed by atoms with Gasteiger partial charge in [-0.05, 0) is 60.8 Å². The van der Waals surface area contributed by atoms with Gasteiger partial charge in [0.2, 0.25) is 5.91 Å². The van der Waals surface area contributed by atoms with Crippen LogP contribution < -0.4 is 20.1 Å². The third kappa shape index (κ3) is 8.40. The molecule has 3 aromatic carbocycles. The van der Waals surface area contributed by atoms with Gasteiger partial charge in [-0.1, -0.05) is 42.5 Å². The number of methoxy groups -OCH3 is 1. The number of hydrogen-bond donors (Lipinski definition) is 2. The van der Waals surface area contributed by atoms with E-state index in [-0.39, 0.29) is 12.0 Å². The molecule has 1 saturated heterocycles. The van der Waals surface area contributed by atoms with Crippen molar-refractivity contribution in [1.29, 1.82) is 0 Å². The number of amides is 1. The number of carbonyl (C=O) groups excluding carboxylic acids is 1. The molecule has 1 aliphatic rings. The molecule has 0 radical (unpaired) electrons. The smallest absolute Gasteiger partial charge is 0.216 e. The largest absolute Gasteiger partial charge is 0.496 e. The van der Waals surface area contributed by atoms with E-state index in [4.69, 9.17) is 18.9 Å². The predicted octanol–water partition coefficient (Wildman–Crippen LogP) is 5.74. The number of fused-ring (bicyclic) bond motifs is 1. The maximum absolute atomic E-state index is 11.3. The van der Waals surface area contributed by atoms with Crippen molar-refractivity contribution in [1.82, 2.24) is 15.2 Å². The summed E-state index contributed by atoms with van der Waals surface area (Å²) in [4.78, 5) is 11.3. The fourth-order valence-electron chi connectivity index (χ4n) is 5.90. The first-order chi connectivity index (χ1) is 21.5. The average molecular weight is 600 g/mol. The summed E-state index contributed by atoms with van der Waals surface area (Å²) in [6.45, 7) is 9.13. The van der Waals surface area contributed by atoms with E-state index in [0.29, 0.717) is 38.9 Å². The molecule has 1 aliphatic heterocycles. The molecule has 1 fully saturated rings. The van der Waals surface area contributed by atoms with Crippen molar-refractivity contribution in [2.24, 2.45) is 0 Å². The van der Waals surface area contributed by atoms with Crippen molar-refractivity contribution < 1.29 is 23.7 Å². The van der Waals surface area contributed by atoms with Crippen LogP contribution in [0.2, 0.25) is 0 Å². The normalized spacial score (nSPS) is 16.6. The molecular formula is C36H45N3O5. The van der Waals surface area contributed by atoms with Gasteiger partial charge in [-0.25, -0.2) is 0 Å². The van der Waals surface area contributed by atoms with Gasteiger partial charge in [0, 0.05) is 61.6 Å². The van der Waals surface area contributed by atoms with Crippen molar-refractivity contribution >= 4 is 16.8 Å². The minimum Gasteiger partial charge on any atom is -0.496 e. The first-order valence-electron chi connectivity index (χ1n) is 15.6. The summed E-state index contributed by atoms with van der Waals surface area (Å²) in [5, 5.41) is 7.64. The van der Waals surface area contributed by atoms with E-state index in [9.17, 15) is 4.79 Å². The lowest BCUT2D eigenvalue weighted by Gasteiger charge is -2.32. The second kappa shape index (κ2) is 15.7. The van der Waals surface area contributed by atoms with Gasteiger partial charge in [0.25, 0.3) is 0 Å². The second-order valence-corrected chi connectivity index (χ2v) is 11.4. The maximum atomic E-state index is 11.3. The number of nitrogens with one attached hydrogen (secondary N) is 2. The van der Waals surface area contributed by atoms with Gasteiger partial charge in [0.1, 0.15) is 11.5 Å². The molecule has 4 aromatic rings. The van der Waals surface area contributed by atoms with Crippen LogP contribution in [0.1, 0.15) is 47.9 Å². The number of rotatable bonds is 15. The van der Waals surface area contributed by atoms with Gasteiger partial charge in [0.05, 0.1) is 39.6 Å². The number of benzene rings is 3. The molecule has 0 spiro atoms. The predicted molar refractivity (Wildman–Crippen MR) is 173 cm³/mol. The zero-order valence-corrected chi connectivity index (χ0v) is 26.1. The number of nitrogens with zero attached hydrogens (tertiary/aromatic N) is 1. The molecule has 44 heavy (non-hydrogen) atoms. The fourth-order valence-corrected chi connectivity index (χ4v) is 5.90. The van der Waals surface area contributed by atoms with Gasteiger partial charge in [0.15, 0.2) is 0 Å². The van der Waals surface area contributed by atoms with Crippen molar-refractivity contribution in [2.45, 2.75) is 58.5 Å². The van der Waals surface area contributed by atoms with E-state index in [2.05, 4.69) is 70.8 Å². The molecule has 2 heterocycles. The lowest BCUT2D eigenvalue weighted by molar-refractivity contribution is -0.118. The molecule has 2 unspecified atom stereocenters. The molecule has 0 bridgehead atoms. The number of para-hydroxylation sites is 1. The SMILES string of the molecule is COc1ccccc1COCCCOc1ccc(C2CCNCC2OCc2ccc3c(C)cn(CCNC(C)=O)c3c2)cc1. The quantitative estimate of drug-likeness (QED) is 0.170.